The van der Waals surface area contributed by atoms with Crippen molar-refractivity contribution in [3.05, 3.63) is 29.8 Å². The fraction of sp³-hybridized carbons (Fsp3) is 0.625. The van der Waals surface area contributed by atoms with Gasteiger partial charge in [-0.05, 0) is 18.6 Å². The first-order valence-corrected chi connectivity index (χ1v) is 7.32. The van der Waals surface area contributed by atoms with Crippen LogP contribution in [-0.2, 0) is 4.74 Å². The van der Waals surface area contributed by atoms with Gasteiger partial charge in [0.15, 0.2) is 0 Å². The predicted octanol–water partition coefficient (Wildman–Crippen LogP) is 1.94. The zero-order valence-corrected chi connectivity index (χ0v) is 12.7. The van der Waals surface area contributed by atoms with Gasteiger partial charge in [0, 0.05) is 58.4 Å². The quantitative estimate of drug-likeness (QED) is 0.864. The number of hydrogen-bond acceptors (Lipinski definition) is 4. The number of ether oxygens (including phenoxy) is 1. The number of aliphatic hydroxyl groups is 1. The van der Waals surface area contributed by atoms with E-state index in [0.717, 1.165) is 0 Å². The average molecular weight is 278 g/mol. The van der Waals surface area contributed by atoms with Crippen LogP contribution >= 0.6 is 0 Å². The maximum atomic E-state index is 10.5. The average Bonchev–Trinajstić information content (AvgIpc) is 2.45. The lowest BCUT2D eigenvalue weighted by molar-refractivity contribution is -0.0626. The SMILES string of the molecule is CC(NCC1(O)CCOCC1)c1ccccc1N(C)C. The number of benzene rings is 1. The third-order valence-electron chi connectivity index (χ3n) is 4.05. The summed E-state index contributed by atoms with van der Waals surface area (Å²) in [5, 5.41) is 14.0. The fourth-order valence-electron chi connectivity index (χ4n) is 2.64. The van der Waals surface area contributed by atoms with E-state index in [4.69, 9.17) is 4.74 Å². The smallest absolute Gasteiger partial charge is 0.0815 e. The van der Waals surface area contributed by atoms with Gasteiger partial charge in [-0.25, -0.2) is 0 Å². The number of nitrogens with zero attached hydrogens (tertiary/aromatic N) is 1. The Morgan fingerprint density at radius 3 is 2.60 bits per heavy atom. The molecule has 0 aromatic heterocycles. The molecule has 1 aliphatic rings. The maximum absolute atomic E-state index is 10.5. The second-order valence-electron chi connectivity index (χ2n) is 5.89. The maximum Gasteiger partial charge on any atom is 0.0815 e. The molecule has 0 amide bonds. The number of para-hydroxylation sites is 1. The van der Waals surface area contributed by atoms with Gasteiger partial charge in [0.05, 0.1) is 5.60 Å². The van der Waals surface area contributed by atoms with Gasteiger partial charge in [0.1, 0.15) is 0 Å². The molecule has 1 saturated heterocycles. The summed E-state index contributed by atoms with van der Waals surface area (Å²) in [4.78, 5) is 2.12. The van der Waals surface area contributed by atoms with Crippen molar-refractivity contribution in [1.82, 2.24) is 5.32 Å². The Morgan fingerprint density at radius 2 is 1.95 bits per heavy atom. The van der Waals surface area contributed by atoms with E-state index in [1.165, 1.54) is 11.3 Å². The summed E-state index contributed by atoms with van der Waals surface area (Å²) < 4.78 is 5.31. The van der Waals surface area contributed by atoms with Crippen LogP contribution in [0, 0.1) is 0 Å². The number of nitrogens with one attached hydrogen (secondary N) is 1. The van der Waals surface area contributed by atoms with Gasteiger partial charge in [0.25, 0.3) is 0 Å². The number of rotatable bonds is 5. The van der Waals surface area contributed by atoms with Crippen LogP contribution in [0.5, 0.6) is 0 Å². The molecule has 1 aromatic rings. The van der Waals surface area contributed by atoms with E-state index in [1.807, 2.05) is 0 Å². The van der Waals surface area contributed by atoms with Crippen LogP contribution in [0.1, 0.15) is 31.4 Å². The largest absolute Gasteiger partial charge is 0.388 e. The molecule has 0 spiro atoms. The van der Waals surface area contributed by atoms with E-state index in [1.54, 1.807) is 0 Å². The summed E-state index contributed by atoms with van der Waals surface area (Å²) in [6.07, 6.45) is 1.42. The second-order valence-corrected chi connectivity index (χ2v) is 5.89. The Bertz CT molecular complexity index is 428. The third-order valence-corrected chi connectivity index (χ3v) is 4.05. The van der Waals surface area contributed by atoms with Crippen LogP contribution in [0.3, 0.4) is 0 Å². The van der Waals surface area contributed by atoms with Crippen molar-refractivity contribution in [2.24, 2.45) is 0 Å². The molecule has 2 rings (SSSR count). The lowest BCUT2D eigenvalue weighted by atomic mass is 9.93. The molecule has 112 valence electrons. The standard InChI is InChI=1S/C16H26N2O2/c1-13(14-6-4-5-7-15(14)18(2)3)17-12-16(19)8-10-20-11-9-16/h4-7,13,17,19H,8-12H2,1-3H3. The number of hydrogen-bond donors (Lipinski definition) is 2. The van der Waals surface area contributed by atoms with E-state index in [0.29, 0.717) is 32.6 Å². The molecule has 1 aliphatic heterocycles. The van der Waals surface area contributed by atoms with Crippen LogP contribution in [0.2, 0.25) is 0 Å². The Kier molecular flexibility index (Phi) is 5.02. The molecular formula is C16H26N2O2. The van der Waals surface area contributed by atoms with Gasteiger partial charge >= 0.3 is 0 Å². The van der Waals surface area contributed by atoms with Crippen LogP contribution in [0.4, 0.5) is 5.69 Å². The lowest BCUT2D eigenvalue weighted by Gasteiger charge is -2.33. The minimum Gasteiger partial charge on any atom is -0.388 e. The molecule has 4 nitrogen and oxygen atoms in total. The summed E-state index contributed by atoms with van der Waals surface area (Å²) in [6, 6.07) is 8.58. The Morgan fingerprint density at radius 1 is 1.30 bits per heavy atom. The van der Waals surface area contributed by atoms with Crippen molar-refractivity contribution in [2.45, 2.75) is 31.4 Å². The highest BCUT2D eigenvalue weighted by atomic mass is 16.5. The number of anilines is 1. The molecule has 20 heavy (non-hydrogen) atoms. The molecule has 0 radical (unpaired) electrons. The summed E-state index contributed by atoms with van der Waals surface area (Å²) >= 11 is 0. The minimum absolute atomic E-state index is 0.209. The van der Waals surface area contributed by atoms with Crippen LogP contribution in [-0.4, -0.2) is 44.6 Å². The molecule has 0 aliphatic carbocycles. The van der Waals surface area contributed by atoms with E-state index >= 15 is 0 Å². The molecule has 0 bridgehead atoms. The topological polar surface area (TPSA) is 44.7 Å². The predicted molar refractivity (Wildman–Crippen MR) is 82.2 cm³/mol. The van der Waals surface area contributed by atoms with Crippen molar-refractivity contribution >= 4 is 5.69 Å². The van der Waals surface area contributed by atoms with Crippen LogP contribution < -0.4 is 10.2 Å². The molecule has 1 atom stereocenters. The van der Waals surface area contributed by atoms with Gasteiger partial charge in [-0.15, -0.1) is 0 Å². The van der Waals surface area contributed by atoms with Crippen LogP contribution in [0.25, 0.3) is 0 Å². The summed E-state index contributed by atoms with van der Waals surface area (Å²) in [6.45, 7) is 4.06. The van der Waals surface area contributed by atoms with Crippen molar-refractivity contribution in [3.8, 4) is 0 Å². The molecule has 4 heteroatoms. The van der Waals surface area contributed by atoms with E-state index in [-0.39, 0.29) is 6.04 Å². The molecule has 1 unspecified atom stereocenters. The third kappa shape index (κ3) is 3.72. The molecule has 0 saturated carbocycles. The van der Waals surface area contributed by atoms with Gasteiger partial charge in [0.2, 0.25) is 0 Å². The van der Waals surface area contributed by atoms with Crippen molar-refractivity contribution in [1.29, 1.82) is 0 Å². The Hall–Kier alpha value is -1.10. The normalized spacial score (nSPS) is 19.6. The Balaban J connectivity index is 1.99. The van der Waals surface area contributed by atoms with Gasteiger partial charge in [-0.2, -0.15) is 0 Å². The first-order chi connectivity index (χ1) is 9.52. The highest BCUT2D eigenvalue weighted by Gasteiger charge is 2.30. The Labute approximate surface area is 121 Å². The van der Waals surface area contributed by atoms with Gasteiger partial charge in [-0.1, -0.05) is 18.2 Å². The minimum atomic E-state index is -0.625. The summed E-state index contributed by atoms with van der Waals surface area (Å²) in [7, 11) is 4.11. The van der Waals surface area contributed by atoms with Crippen molar-refractivity contribution in [3.63, 3.8) is 0 Å². The highest BCUT2D eigenvalue weighted by molar-refractivity contribution is 5.53. The fourth-order valence-corrected chi connectivity index (χ4v) is 2.64. The van der Waals surface area contributed by atoms with Crippen LogP contribution in [0.15, 0.2) is 24.3 Å². The molecule has 2 N–H and O–H groups in total. The van der Waals surface area contributed by atoms with Gasteiger partial charge < -0.3 is 20.1 Å². The lowest BCUT2D eigenvalue weighted by Crippen LogP contribution is -2.45. The first-order valence-electron chi connectivity index (χ1n) is 7.32. The van der Waals surface area contributed by atoms with E-state index < -0.39 is 5.60 Å². The molecule has 1 aromatic carbocycles. The first kappa shape index (κ1) is 15.3. The zero-order chi connectivity index (χ0) is 14.6. The summed E-state index contributed by atoms with van der Waals surface area (Å²) in [5.41, 5.74) is 1.85. The monoisotopic (exact) mass is 278 g/mol. The highest BCUT2D eigenvalue weighted by Crippen LogP contribution is 2.26. The molecular weight excluding hydrogens is 252 g/mol. The van der Waals surface area contributed by atoms with Crippen molar-refractivity contribution < 1.29 is 9.84 Å². The zero-order valence-electron chi connectivity index (χ0n) is 12.7. The van der Waals surface area contributed by atoms with E-state index in [2.05, 4.69) is 55.5 Å². The van der Waals surface area contributed by atoms with Gasteiger partial charge in [-0.3, -0.25) is 0 Å². The molecule has 1 heterocycles. The molecule has 1 fully saturated rings. The van der Waals surface area contributed by atoms with E-state index in [9.17, 15) is 5.11 Å². The van der Waals surface area contributed by atoms with Crippen molar-refractivity contribution in [2.75, 3.05) is 38.8 Å². The second kappa shape index (κ2) is 6.57. The summed E-state index contributed by atoms with van der Waals surface area (Å²) in [5.74, 6) is 0.